The zero-order valence-electron chi connectivity index (χ0n) is 17.3. The lowest BCUT2D eigenvalue weighted by atomic mass is 9.94. The summed E-state index contributed by atoms with van der Waals surface area (Å²) in [5, 5.41) is 8.09. The van der Waals surface area contributed by atoms with Gasteiger partial charge in [0.25, 0.3) is 0 Å². The molecular formula is C24H22FN5O. The van der Waals surface area contributed by atoms with Crippen LogP contribution < -0.4 is 11.1 Å². The van der Waals surface area contributed by atoms with E-state index in [1.807, 2.05) is 50.4 Å². The summed E-state index contributed by atoms with van der Waals surface area (Å²) in [7, 11) is 1.82. The van der Waals surface area contributed by atoms with Crippen molar-refractivity contribution in [3.8, 4) is 11.1 Å². The average Bonchev–Trinajstić information content (AvgIpc) is 3.50. The third kappa shape index (κ3) is 3.22. The Morgan fingerprint density at radius 3 is 2.58 bits per heavy atom. The number of nitrogen functional groups attached to an aromatic ring is 1. The van der Waals surface area contributed by atoms with E-state index in [1.165, 1.54) is 12.1 Å². The molecule has 2 aromatic heterocycles. The number of hydrogen-bond acceptors (Lipinski definition) is 4. The normalized spacial score (nSPS) is 14.5. The molecule has 2 aromatic carbocycles. The molecule has 1 fully saturated rings. The van der Waals surface area contributed by atoms with Crippen LogP contribution >= 0.6 is 0 Å². The van der Waals surface area contributed by atoms with E-state index in [4.69, 9.17) is 5.73 Å². The van der Waals surface area contributed by atoms with Gasteiger partial charge in [0.15, 0.2) is 11.5 Å². The third-order valence-electron chi connectivity index (χ3n) is 5.96. The van der Waals surface area contributed by atoms with Gasteiger partial charge >= 0.3 is 0 Å². The van der Waals surface area contributed by atoms with Gasteiger partial charge < -0.3 is 11.1 Å². The predicted octanol–water partition coefficient (Wildman–Crippen LogP) is 4.34. The van der Waals surface area contributed by atoms with Crippen LogP contribution in [0.3, 0.4) is 0 Å². The topological polar surface area (TPSA) is 85.8 Å². The molecule has 1 aliphatic rings. The van der Waals surface area contributed by atoms with Crippen LogP contribution in [0.25, 0.3) is 22.2 Å². The Morgan fingerprint density at radius 1 is 1.16 bits per heavy atom. The fraction of sp³-hybridized carbons (Fsp3) is 0.208. The van der Waals surface area contributed by atoms with Crippen molar-refractivity contribution >= 4 is 28.4 Å². The summed E-state index contributed by atoms with van der Waals surface area (Å²) in [6.45, 7) is 1.93. The van der Waals surface area contributed by atoms with E-state index in [0.717, 1.165) is 46.3 Å². The van der Waals surface area contributed by atoms with Gasteiger partial charge in [0.2, 0.25) is 5.91 Å². The van der Waals surface area contributed by atoms with Crippen molar-refractivity contribution in [1.82, 2.24) is 14.8 Å². The van der Waals surface area contributed by atoms with Crippen molar-refractivity contribution in [1.29, 1.82) is 0 Å². The minimum absolute atomic E-state index is 0.107. The first-order valence-electron chi connectivity index (χ1n) is 10.2. The SMILES string of the molecule is Cc1cc(-c2ccc(NC(=O)C3(c4cccc(F)c4)CC3)cc2)c2c(N)nn(C)c2n1. The van der Waals surface area contributed by atoms with Crippen molar-refractivity contribution in [3.63, 3.8) is 0 Å². The first-order valence-corrected chi connectivity index (χ1v) is 10.2. The quantitative estimate of drug-likeness (QED) is 0.519. The van der Waals surface area contributed by atoms with Gasteiger partial charge in [0.1, 0.15) is 5.82 Å². The average molecular weight is 415 g/mol. The molecule has 0 radical (unpaired) electrons. The lowest BCUT2D eigenvalue weighted by Gasteiger charge is -2.16. The maximum absolute atomic E-state index is 13.6. The highest BCUT2D eigenvalue weighted by Gasteiger charge is 2.51. The molecule has 31 heavy (non-hydrogen) atoms. The number of amides is 1. The Kier molecular flexibility index (Phi) is 4.28. The molecule has 1 saturated carbocycles. The first-order chi connectivity index (χ1) is 14.9. The van der Waals surface area contributed by atoms with Gasteiger partial charge in [-0.25, -0.2) is 14.1 Å². The van der Waals surface area contributed by atoms with Crippen LogP contribution in [-0.2, 0) is 17.3 Å². The highest BCUT2D eigenvalue weighted by atomic mass is 19.1. The highest BCUT2D eigenvalue weighted by Crippen LogP contribution is 2.49. The molecule has 4 aromatic rings. The molecule has 0 spiro atoms. The maximum atomic E-state index is 13.6. The minimum atomic E-state index is -0.640. The Morgan fingerprint density at radius 2 is 1.90 bits per heavy atom. The molecule has 0 aliphatic heterocycles. The largest absolute Gasteiger partial charge is 0.382 e. The Bertz CT molecular complexity index is 1320. The number of fused-ring (bicyclic) bond motifs is 1. The van der Waals surface area contributed by atoms with Gasteiger partial charge in [-0.2, -0.15) is 5.10 Å². The van der Waals surface area contributed by atoms with Crippen LogP contribution in [0.2, 0.25) is 0 Å². The lowest BCUT2D eigenvalue weighted by molar-refractivity contribution is -0.118. The van der Waals surface area contributed by atoms with Gasteiger partial charge in [0, 0.05) is 18.4 Å². The number of nitrogens with one attached hydrogen (secondary N) is 1. The molecule has 0 atom stereocenters. The molecule has 0 saturated heterocycles. The molecule has 3 N–H and O–H groups in total. The number of carbonyl (C=O) groups is 1. The number of hydrogen-bond donors (Lipinski definition) is 2. The standard InChI is InChI=1S/C24H22FN5O/c1-14-12-19(20-21(26)29-30(2)22(20)27-14)15-6-8-18(9-7-15)28-23(31)24(10-11-24)16-4-3-5-17(25)13-16/h3-9,12-13H,10-11H2,1-2H3,(H2,26,29)(H,28,31). The van der Waals surface area contributed by atoms with E-state index in [1.54, 1.807) is 10.7 Å². The van der Waals surface area contributed by atoms with E-state index >= 15 is 0 Å². The van der Waals surface area contributed by atoms with E-state index < -0.39 is 5.41 Å². The van der Waals surface area contributed by atoms with Crippen LogP contribution in [0.5, 0.6) is 0 Å². The molecule has 5 rings (SSSR count). The number of benzene rings is 2. The van der Waals surface area contributed by atoms with Gasteiger partial charge in [-0.15, -0.1) is 0 Å². The molecule has 7 heteroatoms. The van der Waals surface area contributed by atoms with E-state index in [-0.39, 0.29) is 11.7 Å². The second-order valence-corrected chi connectivity index (χ2v) is 8.14. The summed E-state index contributed by atoms with van der Waals surface area (Å²) in [4.78, 5) is 17.5. The third-order valence-corrected chi connectivity index (χ3v) is 5.96. The monoisotopic (exact) mass is 415 g/mol. The molecule has 6 nitrogen and oxygen atoms in total. The second-order valence-electron chi connectivity index (χ2n) is 8.14. The predicted molar refractivity (Wildman–Crippen MR) is 119 cm³/mol. The van der Waals surface area contributed by atoms with Gasteiger partial charge in [-0.1, -0.05) is 24.3 Å². The number of rotatable bonds is 4. The Balaban J connectivity index is 1.43. The van der Waals surface area contributed by atoms with Crippen LogP contribution in [0.4, 0.5) is 15.9 Å². The van der Waals surface area contributed by atoms with Crippen molar-refractivity contribution < 1.29 is 9.18 Å². The van der Waals surface area contributed by atoms with Crippen molar-refractivity contribution in [2.75, 3.05) is 11.1 Å². The van der Waals surface area contributed by atoms with Crippen molar-refractivity contribution in [2.24, 2.45) is 7.05 Å². The molecule has 0 bridgehead atoms. The van der Waals surface area contributed by atoms with Gasteiger partial charge in [-0.05, 0) is 66.8 Å². The van der Waals surface area contributed by atoms with Crippen LogP contribution in [0, 0.1) is 12.7 Å². The van der Waals surface area contributed by atoms with Crippen LogP contribution in [-0.4, -0.2) is 20.7 Å². The number of anilines is 2. The fourth-order valence-corrected chi connectivity index (χ4v) is 4.17. The second kappa shape index (κ2) is 6.91. The fourth-order valence-electron chi connectivity index (χ4n) is 4.17. The van der Waals surface area contributed by atoms with Crippen molar-refractivity contribution in [3.05, 3.63) is 71.7 Å². The number of nitrogens with two attached hydrogens (primary N) is 1. The minimum Gasteiger partial charge on any atom is -0.382 e. The summed E-state index contributed by atoms with van der Waals surface area (Å²) >= 11 is 0. The van der Waals surface area contributed by atoms with Crippen LogP contribution in [0.1, 0.15) is 24.1 Å². The summed E-state index contributed by atoms with van der Waals surface area (Å²) in [6.07, 6.45) is 1.43. The van der Waals surface area contributed by atoms with Crippen LogP contribution in [0.15, 0.2) is 54.6 Å². The van der Waals surface area contributed by atoms with E-state index in [9.17, 15) is 9.18 Å². The number of carbonyl (C=O) groups excluding carboxylic acids is 1. The summed E-state index contributed by atoms with van der Waals surface area (Å²) in [6, 6.07) is 15.9. The first kappa shape index (κ1) is 19.2. The summed E-state index contributed by atoms with van der Waals surface area (Å²) in [5.41, 5.74) is 10.4. The molecule has 156 valence electrons. The number of nitrogens with zero attached hydrogens (tertiary/aromatic N) is 3. The summed E-state index contributed by atoms with van der Waals surface area (Å²) in [5.74, 6) is 0.00205. The van der Waals surface area contributed by atoms with Gasteiger partial charge in [-0.3, -0.25) is 4.79 Å². The summed E-state index contributed by atoms with van der Waals surface area (Å²) < 4.78 is 15.3. The zero-order valence-corrected chi connectivity index (χ0v) is 17.3. The van der Waals surface area contributed by atoms with Gasteiger partial charge in [0.05, 0.1) is 10.8 Å². The smallest absolute Gasteiger partial charge is 0.235 e. The van der Waals surface area contributed by atoms with Crippen molar-refractivity contribution in [2.45, 2.75) is 25.2 Å². The Labute approximate surface area is 178 Å². The zero-order chi connectivity index (χ0) is 21.8. The molecule has 0 unspecified atom stereocenters. The molecule has 2 heterocycles. The van der Waals surface area contributed by atoms with E-state index in [2.05, 4.69) is 15.4 Å². The Hall–Kier alpha value is -3.74. The lowest BCUT2D eigenvalue weighted by Crippen LogP contribution is -2.27. The maximum Gasteiger partial charge on any atom is 0.235 e. The number of halogens is 1. The molecule has 1 aliphatic carbocycles. The molecule has 1 amide bonds. The number of pyridine rings is 1. The molecular weight excluding hydrogens is 393 g/mol. The highest BCUT2D eigenvalue weighted by molar-refractivity contribution is 6.02. The number of aromatic nitrogens is 3. The van der Waals surface area contributed by atoms with E-state index in [0.29, 0.717) is 11.5 Å². The number of aryl methyl sites for hydroxylation is 2.